The van der Waals surface area contributed by atoms with Gasteiger partial charge in [0, 0.05) is 10.2 Å². The summed E-state index contributed by atoms with van der Waals surface area (Å²) >= 11 is 5.41. The first kappa shape index (κ1) is 12.1. The Morgan fingerprint density at radius 1 is 1.14 bits per heavy atom. The maximum Gasteiger partial charge on any atom is 0.0184 e. The topological polar surface area (TPSA) is 26.0 Å². The highest BCUT2D eigenvalue weighted by atomic mass is 79.9. The van der Waals surface area contributed by atoms with E-state index in [4.69, 9.17) is 5.73 Å². The first-order valence-electron chi connectivity index (χ1n) is 4.85. The van der Waals surface area contributed by atoms with Crippen LogP contribution in [0.2, 0.25) is 0 Å². The van der Waals surface area contributed by atoms with Crippen LogP contribution in [0, 0.1) is 0 Å². The van der Waals surface area contributed by atoms with Crippen LogP contribution in [0.3, 0.4) is 0 Å². The number of thioether (sulfide) groups is 1. The Balaban J connectivity index is 2.15. The fraction of sp³-hybridized carbons (Fsp3) is 0.455. The van der Waals surface area contributed by atoms with Gasteiger partial charge in [0.1, 0.15) is 0 Å². The molecular weight excluding hydrogens is 258 g/mol. The Hall–Kier alpha value is 0.01000. The summed E-state index contributed by atoms with van der Waals surface area (Å²) in [5.41, 5.74) is 6.82. The molecule has 0 aliphatic rings. The maximum atomic E-state index is 5.42. The van der Waals surface area contributed by atoms with E-state index in [9.17, 15) is 0 Å². The third kappa shape index (κ3) is 5.03. The minimum absolute atomic E-state index is 0.818. The largest absolute Gasteiger partial charge is 0.330 e. The first-order chi connectivity index (χ1) is 6.83. The van der Waals surface area contributed by atoms with Gasteiger partial charge in [-0.2, -0.15) is 11.8 Å². The van der Waals surface area contributed by atoms with Gasteiger partial charge in [0.25, 0.3) is 0 Å². The van der Waals surface area contributed by atoms with E-state index >= 15 is 0 Å². The summed E-state index contributed by atoms with van der Waals surface area (Å²) in [6, 6.07) is 8.52. The van der Waals surface area contributed by atoms with Gasteiger partial charge >= 0.3 is 0 Å². The highest BCUT2D eigenvalue weighted by Gasteiger charge is 1.93. The molecule has 0 aliphatic heterocycles. The SMILES string of the molecule is NCCCCSCc1ccc(Br)cc1. The van der Waals surface area contributed by atoms with Crippen LogP contribution in [-0.2, 0) is 5.75 Å². The Kier molecular flexibility index (Phi) is 6.32. The molecule has 1 aromatic carbocycles. The third-order valence-electron chi connectivity index (χ3n) is 1.92. The van der Waals surface area contributed by atoms with Gasteiger partial charge in [-0.25, -0.2) is 0 Å². The molecule has 0 fully saturated rings. The zero-order valence-electron chi connectivity index (χ0n) is 8.21. The highest BCUT2D eigenvalue weighted by molar-refractivity contribution is 9.10. The van der Waals surface area contributed by atoms with Gasteiger partial charge in [-0.1, -0.05) is 28.1 Å². The Labute approximate surface area is 98.6 Å². The summed E-state index contributed by atoms with van der Waals surface area (Å²) in [5, 5.41) is 0. The lowest BCUT2D eigenvalue weighted by Gasteiger charge is -2.01. The Morgan fingerprint density at radius 2 is 1.86 bits per heavy atom. The molecule has 0 aliphatic carbocycles. The van der Waals surface area contributed by atoms with E-state index in [2.05, 4.69) is 40.2 Å². The van der Waals surface area contributed by atoms with Crippen molar-refractivity contribution in [3.63, 3.8) is 0 Å². The van der Waals surface area contributed by atoms with Crippen molar-refractivity contribution >= 4 is 27.7 Å². The second kappa shape index (κ2) is 7.32. The molecule has 1 nitrogen and oxygen atoms in total. The van der Waals surface area contributed by atoms with Crippen molar-refractivity contribution in [2.45, 2.75) is 18.6 Å². The molecule has 78 valence electrons. The summed E-state index contributed by atoms with van der Waals surface area (Å²) in [6.45, 7) is 0.818. The summed E-state index contributed by atoms with van der Waals surface area (Å²) in [6.07, 6.45) is 2.38. The lowest BCUT2D eigenvalue weighted by Crippen LogP contribution is -1.98. The zero-order valence-corrected chi connectivity index (χ0v) is 10.6. The molecule has 3 heteroatoms. The molecule has 0 heterocycles. The second-order valence-corrected chi connectivity index (χ2v) is 5.20. The minimum atomic E-state index is 0.818. The van der Waals surface area contributed by atoms with Crippen LogP contribution in [0.1, 0.15) is 18.4 Å². The van der Waals surface area contributed by atoms with Crippen molar-refractivity contribution in [3.05, 3.63) is 34.3 Å². The summed E-state index contributed by atoms with van der Waals surface area (Å²) < 4.78 is 1.15. The number of halogens is 1. The minimum Gasteiger partial charge on any atom is -0.330 e. The highest BCUT2D eigenvalue weighted by Crippen LogP contribution is 2.16. The van der Waals surface area contributed by atoms with Crippen molar-refractivity contribution in [1.82, 2.24) is 0 Å². The average molecular weight is 274 g/mol. The molecule has 0 saturated heterocycles. The molecule has 14 heavy (non-hydrogen) atoms. The van der Waals surface area contributed by atoms with Crippen molar-refractivity contribution in [3.8, 4) is 0 Å². The van der Waals surface area contributed by atoms with Gasteiger partial charge in [-0.15, -0.1) is 0 Å². The average Bonchev–Trinajstić information content (AvgIpc) is 2.21. The molecule has 1 rings (SSSR count). The van der Waals surface area contributed by atoms with E-state index in [1.807, 2.05) is 11.8 Å². The molecule has 2 N–H and O–H groups in total. The van der Waals surface area contributed by atoms with Crippen molar-refractivity contribution < 1.29 is 0 Å². The van der Waals surface area contributed by atoms with Gasteiger partial charge in [-0.05, 0) is 42.8 Å². The predicted molar refractivity (Wildman–Crippen MR) is 68.6 cm³/mol. The number of hydrogen-bond donors (Lipinski definition) is 1. The standard InChI is InChI=1S/C11H16BrNS/c12-11-5-3-10(4-6-11)9-14-8-2-1-7-13/h3-6H,1-2,7-9,13H2. The van der Waals surface area contributed by atoms with Gasteiger partial charge in [0.15, 0.2) is 0 Å². The van der Waals surface area contributed by atoms with Crippen LogP contribution in [0.5, 0.6) is 0 Å². The van der Waals surface area contributed by atoms with E-state index in [1.54, 1.807) is 0 Å². The van der Waals surface area contributed by atoms with Crippen molar-refractivity contribution in [2.24, 2.45) is 5.73 Å². The Bertz CT molecular complexity index is 248. The maximum absolute atomic E-state index is 5.42. The molecule has 1 aromatic rings. The third-order valence-corrected chi connectivity index (χ3v) is 3.57. The van der Waals surface area contributed by atoms with Gasteiger partial charge in [0.05, 0.1) is 0 Å². The predicted octanol–water partition coefficient (Wildman–Crippen LogP) is 3.42. The van der Waals surface area contributed by atoms with Crippen LogP contribution < -0.4 is 5.73 Å². The van der Waals surface area contributed by atoms with Crippen LogP contribution >= 0.6 is 27.7 Å². The number of nitrogens with two attached hydrogens (primary N) is 1. The Morgan fingerprint density at radius 3 is 2.50 bits per heavy atom. The molecule has 0 spiro atoms. The molecule has 0 atom stereocenters. The summed E-state index contributed by atoms with van der Waals surface area (Å²) in [5.74, 6) is 2.32. The van der Waals surface area contributed by atoms with Gasteiger partial charge in [0.2, 0.25) is 0 Å². The summed E-state index contributed by atoms with van der Waals surface area (Å²) in [7, 11) is 0. The number of rotatable bonds is 6. The van der Waals surface area contributed by atoms with Crippen LogP contribution in [0.4, 0.5) is 0 Å². The van der Waals surface area contributed by atoms with Gasteiger partial charge in [-0.3, -0.25) is 0 Å². The molecule has 0 saturated carbocycles. The van der Waals surface area contributed by atoms with Crippen LogP contribution in [0.15, 0.2) is 28.7 Å². The summed E-state index contributed by atoms with van der Waals surface area (Å²) in [4.78, 5) is 0. The lowest BCUT2D eigenvalue weighted by atomic mass is 10.2. The molecule has 0 bridgehead atoms. The molecule has 0 amide bonds. The molecule has 0 unspecified atom stereocenters. The molecule has 0 aromatic heterocycles. The molecular formula is C11H16BrNS. The van der Waals surface area contributed by atoms with E-state index in [-0.39, 0.29) is 0 Å². The second-order valence-electron chi connectivity index (χ2n) is 3.17. The molecule has 0 radical (unpaired) electrons. The first-order valence-corrected chi connectivity index (χ1v) is 6.80. The number of unbranched alkanes of at least 4 members (excludes halogenated alkanes) is 1. The monoisotopic (exact) mass is 273 g/mol. The quantitative estimate of drug-likeness (QED) is 0.804. The van der Waals surface area contributed by atoms with Crippen molar-refractivity contribution in [1.29, 1.82) is 0 Å². The van der Waals surface area contributed by atoms with E-state index in [1.165, 1.54) is 17.7 Å². The fourth-order valence-electron chi connectivity index (χ4n) is 1.12. The van der Waals surface area contributed by atoms with Crippen molar-refractivity contribution in [2.75, 3.05) is 12.3 Å². The number of benzene rings is 1. The van der Waals surface area contributed by atoms with Crippen LogP contribution in [0.25, 0.3) is 0 Å². The van der Waals surface area contributed by atoms with Crippen LogP contribution in [-0.4, -0.2) is 12.3 Å². The van der Waals surface area contributed by atoms with E-state index in [0.717, 1.165) is 23.2 Å². The van der Waals surface area contributed by atoms with E-state index < -0.39 is 0 Å². The van der Waals surface area contributed by atoms with E-state index in [0.29, 0.717) is 0 Å². The smallest absolute Gasteiger partial charge is 0.0184 e. The normalized spacial score (nSPS) is 10.4. The zero-order chi connectivity index (χ0) is 10.2. The number of hydrogen-bond acceptors (Lipinski definition) is 2. The van der Waals surface area contributed by atoms with Gasteiger partial charge < -0.3 is 5.73 Å². The fourth-order valence-corrected chi connectivity index (χ4v) is 2.36. The lowest BCUT2D eigenvalue weighted by molar-refractivity contribution is 0.814.